The molecule has 4 N–H and O–H groups in total. The second kappa shape index (κ2) is 6.41. The molecular weight excluding hydrogens is 242 g/mol. The van der Waals surface area contributed by atoms with E-state index in [1.165, 1.54) is 38.2 Å². The van der Waals surface area contributed by atoms with Crippen molar-refractivity contribution in [3.05, 3.63) is 17.8 Å². The minimum Gasteiger partial charge on any atom is -0.477 e. The summed E-state index contributed by atoms with van der Waals surface area (Å²) < 4.78 is 0. The number of nitrogens with two attached hydrogens (primary N) is 1. The predicted octanol–water partition coefficient (Wildman–Crippen LogP) is 2.74. The van der Waals surface area contributed by atoms with E-state index < -0.39 is 5.97 Å². The number of hydrogen-bond acceptors (Lipinski definition) is 4. The molecule has 1 fully saturated rings. The molecule has 0 bridgehead atoms. The van der Waals surface area contributed by atoms with Crippen molar-refractivity contribution in [2.24, 2.45) is 5.92 Å². The summed E-state index contributed by atoms with van der Waals surface area (Å²) in [6.07, 6.45) is 7.75. The lowest BCUT2D eigenvalue weighted by Crippen LogP contribution is -2.10. The fraction of sp³-hybridized carbons (Fsp3) is 0.571. The van der Waals surface area contributed by atoms with Crippen molar-refractivity contribution in [3.63, 3.8) is 0 Å². The van der Waals surface area contributed by atoms with Crippen LogP contribution in [-0.2, 0) is 0 Å². The monoisotopic (exact) mass is 263 g/mol. The number of carboxylic acid groups (broad SMARTS) is 1. The standard InChI is InChI=1S/C14H21N3O2/c15-11-7-8-12(14(18)19)17-13(11)16-9-3-6-10-4-1-2-5-10/h7-8,10H,1-6,9,15H2,(H,16,17)(H,18,19). The summed E-state index contributed by atoms with van der Waals surface area (Å²) in [7, 11) is 0. The fourth-order valence-electron chi connectivity index (χ4n) is 2.63. The third kappa shape index (κ3) is 3.84. The maximum Gasteiger partial charge on any atom is 0.354 e. The van der Waals surface area contributed by atoms with Crippen molar-refractivity contribution < 1.29 is 9.90 Å². The Bertz CT molecular complexity index is 442. The number of nitrogens with one attached hydrogen (secondary N) is 1. The van der Waals surface area contributed by atoms with Crippen LogP contribution in [0, 0.1) is 5.92 Å². The van der Waals surface area contributed by atoms with Crippen LogP contribution < -0.4 is 11.1 Å². The van der Waals surface area contributed by atoms with Crippen LogP contribution in [0.4, 0.5) is 11.5 Å². The molecule has 1 aromatic rings. The van der Waals surface area contributed by atoms with Crippen LogP contribution in [0.25, 0.3) is 0 Å². The quantitative estimate of drug-likeness (QED) is 0.687. The first-order valence-corrected chi connectivity index (χ1v) is 6.90. The largest absolute Gasteiger partial charge is 0.477 e. The van der Waals surface area contributed by atoms with Gasteiger partial charge in [0.15, 0.2) is 5.69 Å². The molecule has 0 aliphatic heterocycles. The zero-order valence-electron chi connectivity index (χ0n) is 11.1. The molecule has 1 aliphatic rings. The minimum atomic E-state index is -1.03. The Balaban J connectivity index is 1.81. The number of aromatic nitrogens is 1. The SMILES string of the molecule is Nc1ccc(C(=O)O)nc1NCCCC1CCCC1. The summed E-state index contributed by atoms with van der Waals surface area (Å²) in [5.74, 6) is 0.317. The van der Waals surface area contributed by atoms with Crippen LogP contribution >= 0.6 is 0 Å². The van der Waals surface area contributed by atoms with Gasteiger partial charge in [-0.05, 0) is 30.9 Å². The van der Waals surface area contributed by atoms with E-state index in [-0.39, 0.29) is 5.69 Å². The highest BCUT2D eigenvalue weighted by molar-refractivity contribution is 5.86. The maximum absolute atomic E-state index is 10.8. The van der Waals surface area contributed by atoms with E-state index in [4.69, 9.17) is 10.8 Å². The number of hydrogen-bond donors (Lipinski definition) is 3. The number of aromatic carboxylic acids is 1. The molecule has 19 heavy (non-hydrogen) atoms. The van der Waals surface area contributed by atoms with Gasteiger partial charge in [-0.2, -0.15) is 0 Å². The van der Waals surface area contributed by atoms with Gasteiger partial charge in [0.2, 0.25) is 0 Å². The first-order chi connectivity index (χ1) is 9.16. The molecule has 2 rings (SSSR count). The highest BCUT2D eigenvalue weighted by atomic mass is 16.4. The number of carbonyl (C=O) groups is 1. The number of rotatable bonds is 6. The summed E-state index contributed by atoms with van der Waals surface area (Å²) >= 11 is 0. The highest BCUT2D eigenvalue weighted by Gasteiger charge is 2.14. The molecular formula is C14H21N3O2. The summed E-state index contributed by atoms with van der Waals surface area (Å²) in [6, 6.07) is 3.00. The lowest BCUT2D eigenvalue weighted by atomic mass is 10.0. The smallest absolute Gasteiger partial charge is 0.354 e. The molecule has 0 spiro atoms. The zero-order chi connectivity index (χ0) is 13.7. The van der Waals surface area contributed by atoms with Crippen LogP contribution in [0.15, 0.2) is 12.1 Å². The first-order valence-electron chi connectivity index (χ1n) is 6.90. The summed E-state index contributed by atoms with van der Waals surface area (Å²) in [4.78, 5) is 14.8. The number of pyridine rings is 1. The van der Waals surface area contributed by atoms with Gasteiger partial charge in [0.1, 0.15) is 5.82 Å². The lowest BCUT2D eigenvalue weighted by molar-refractivity contribution is 0.0690. The minimum absolute atomic E-state index is 0.0208. The van der Waals surface area contributed by atoms with Gasteiger partial charge in [-0.3, -0.25) is 0 Å². The Hall–Kier alpha value is -1.78. The van der Waals surface area contributed by atoms with Gasteiger partial charge < -0.3 is 16.2 Å². The van der Waals surface area contributed by atoms with Gasteiger partial charge in [-0.15, -0.1) is 0 Å². The topological polar surface area (TPSA) is 88.2 Å². The normalized spacial score (nSPS) is 15.6. The Morgan fingerprint density at radius 3 is 2.84 bits per heavy atom. The zero-order valence-corrected chi connectivity index (χ0v) is 11.1. The average molecular weight is 263 g/mol. The first kappa shape index (κ1) is 13.6. The van der Waals surface area contributed by atoms with Crippen molar-refractivity contribution in [2.75, 3.05) is 17.6 Å². The molecule has 0 atom stereocenters. The van der Waals surface area contributed by atoms with Crippen LogP contribution in [0.3, 0.4) is 0 Å². The van der Waals surface area contributed by atoms with E-state index >= 15 is 0 Å². The second-order valence-corrected chi connectivity index (χ2v) is 5.16. The van der Waals surface area contributed by atoms with Gasteiger partial charge in [0, 0.05) is 6.54 Å². The van der Waals surface area contributed by atoms with Crippen LogP contribution in [0.1, 0.15) is 49.0 Å². The van der Waals surface area contributed by atoms with Gasteiger partial charge >= 0.3 is 5.97 Å². The Morgan fingerprint density at radius 2 is 2.16 bits per heavy atom. The fourth-order valence-corrected chi connectivity index (χ4v) is 2.63. The number of nitrogen functional groups attached to an aromatic ring is 1. The Labute approximate surface area is 113 Å². The Kier molecular flexibility index (Phi) is 4.60. The summed E-state index contributed by atoms with van der Waals surface area (Å²) in [6.45, 7) is 0.788. The van der Waals surface area contributed by atoms with E-state index in [1.807, 2.05) is 0 Å². The van der Waals surface area contributed by atoms with Crippen molar-refractivity contribution in [1.29, 1.82) is 0 Å². The molecule has 0 unspecified atom stereocenters. The van der Waals surface area contributed by atoms with Crippen molar-refractivity contribution in [1.82, 2.24) is 4.98 Å². The van der Waals surface area contributed by atoms with Crippen LogP contribution in [0.5, 0.6) is 0 Å². The van der Waals surface area contributed by atoms with Gasteiger partial charge in [0.25, 0.3) is 0 Å². The number of nitrogens with zero attached hydrogens (tertiary/aromatic N) is 1. The molecule has 1 aromatic heterocycles. The van der Waals surface area contributed by atoms with Crippen LogP contribution in [-0.4, -0.2) is 22.6 Å². The summed E-state index contributed by atoms with van der Waals surface area (Å²) in [5, 5.41) is 12.0. The molecule has 0 radical (unpaired) electrons. The number of anilines is 2. The lowest BCUT2D eigenvalue weighted by Gasteiger charge is -2.11. The van der Waals surface area contributed by atoms with Gasteiger partial charge in [-0.1, -0.05) is 25.7 Å². The number of carboxylic acids is 1. The molecule has 5 heteroatoms. The average Bonchev–Trinajstić information content (AvgIpc) is 2.89. The molecule has 5 nitrogen and oxygen atoms in total. The molecule has 1 aliphatic carbocycles. The van der Waals surface area contributed by atoms with E-state index in [2.05, 4.69) is 10.3 Å². The van der Waals surface area contributed by atoms with Gasteiger partial charge in [0.05, 0.1) is 5.69 Å². The van der Waals surface area contributed by atoms with Crippen molar-refractivity contribution in [3.8, 4) is 0 Å². The molecule has 0 amide bonds. The predicted molar refractivity (Wildman–Crippen MR) is 75.3 cm³/mol. The molecule has 0 saturated heterocycles. The van der Waals surface area contributed by atoms with E-state index in [1.54, 1.807) is 6.07 Å². The van der Waals surface area contributed by atoms with Crippen molar-refractivity contribution in [2.45, 2.75) is 38.5 Å². The van der Waals surface area contributed by atoms with E-state index in [9.17, 15) is 4.79 Å². The Morgan fingerprint density at radius 1 is 1.42 bits per heavy atom. The third-order valence-corrected chi connectivity index (χ3v) is 3.70. The summed E-state index contributed by atoms with van der Waals surface area (Å²) in [5.41, 5.74) is 6.29. The van der Waals surface area contributed by atoms with E-state index in [0.717, 1.165) is 18.9 Å². The second-order valence-electron chi connectivity index (χ2n) is 5.16. The molecule has 1 saturated carbocycles. The van der Waals surface area contributed by atoms with Crippen LogP contribution in [0.2, 0.25) is 0 Å². The van der Waals surface area contributed by atoms with Crippen molar-refractivity contribution >= 4 is 17.5 Å². The van der Waals surface area contributed by atoms with Gasteiger partial charge in [-0.25, -0.2) is 9.78 Å². The van der Waals surface area contributed by atoms with E-state index in [0.29, 0.717) is 11.5 Å². The molecule has 1 heterocycles. The third-order valence-electron chi connectivity index (χ3n) is 3.70. The maximum atomic E-state index is 10.8. The molecule has 0 aromatic carbocycles. The molecule has 104 valence electrons. The highest BCUT2D eigenvalue weighted by Crippen LogP contribution is 2.28.